The lowest BCUT2D eigenvalue weighted by atomic mass is 10.0. The standard InChI is InChI=1S/C20H23N3O2/c1-4-5-15-10-22-20(19-18(15)12(2)13(3)23-19)21-9-14-6-7-16-17(8-14)25-11-24-16/h6-8,10,23H,4-5,9,11H2,1-3H3,(H,21,22). The largest absolute Gasteiger partial charge is 0.454 e. The molecule has 0 atom stereocenters. The molecule has 25 heavy (non-hydrogen) atoms. The fraction of sp³-hybridized carbons (Fsp3) is 0.350. The predicted octanol–water partition coefficient (Wildman–Crippen LogP) is 4.47. The lowest BCUT2D eigenvalue weighted by Gasteiger charge is -2.10. The number of nitrogens with zero attached hydrogens (tertiary/aromatic N) is 1. The number of nitrogens with one attached hydrogen (secondary N) is 2. The van der Waals surface area contributed by atoms with Crippen molar-refractivity contribution in [2.24, 2.45) is 0 Å². The first kappa shape index (κ1) is 15.8. The summed E-state index contributed by atoms with van der Waals surface area (Å²) in [5.74, 6) is 2.51. The minimum atomic E-state index is 0.300. The summed E-state index contributed by atoms with van der Waals surface area (Å²) in [6.07, 6.45) is 4.17. The second-order valence-corrected chi connectivity index (χ2v) is 6.55. The van der Waals surface area contributed by atoms with E-state index in [1.165, 1.54) is 22.2 Å². The Labute approximate surface area is 147 Å². The summed E-state index contributed by atoms with van der Waals surface area (Å²) in [6, 6.07) is 6.02. The molecule has 0 aliphatic carbocycles. The minimum absolute atomic E-state index is 0.300. The fourth-order valence-electron chi connectivity index (χ4n) is 3.40. The molecule has 0 saturated heterocycles. The second kappa shape index (κ2) is 6.31. The number of aryl methyl sites for hydroxylation is 3. The first-order chi connectivity index (χ1) is 12.2. The number of H-pyrrole nitrogens is 1. The summed E-state index contributed by atoms with van der Waals surface area (Å²) in [5.41, 5.74) is 6.06. The molecule has 2 aromatic heterocycles. The maximum atomic E-state index is 5.45. The molecule has 1 aliphatic heterocycles. The summed E-state index contributed by atoms with van der Waals surface area (Å²) in [7, 11) is 0. The van der Waals surface area contributed by atoms with Crippen molar-refractivity contribution in [2.45, 2.75) is 40.2 Å². The SMILES string of the molecule is CCCc1cnc(NCc2ccc3c(c2)OCO3)c2[nH]c(C)c(C)c12. The lowest BCUT2D eigenvalue weighted by molar-refractivity contribution is 0.174. The highest BCUT2D eigenvalue weighted by Gasteiger charge is 2.15. The second-order valence-electron chi connectivity index (χ2n) is 6.55. The van der Waals surface area contributed by atoms with Crippen molar-refractivity contribution in [3.05, 3.63) is 46.8 Å². The zero-order valence-corrected chi connectivity index (χ0v) is 14.9. The zero-order valence-electron chi connectivity index (χ0n) is 14.9. The maximum absolute atomic E-state index is 5.45. The third-order valence-electron chi connectivity index (χ3n) is 4.82. The van der Waals surface area contributed by atoms with E-state index in [4.69, 9.17) is 9.47 Å². The Morgan fingerprint density at radius 3 is 2.88 bits per heavy atom. The molecule has 2 N–H and O–H groups in total. The summed E-state index contributed by atoms with van der Waals surface area (Å²) in [4.78, 5) is 8.17. The Kier molecular flexibility index (Phi) is 3.99. The molecule has 0 bridgehead atoms. The van der Waals surface area contributed by atoms with Gasteiger partial charge < -0.3 is 19.8 Å². The molecule has 0 radical (unpaired) electrons. The van der Waals surface area contributed by atoms with Crippen LogP contribution >= 0.6 is 0 Å². The molecule has 0 unspecified atom stereocenters. The Morgan fingerprint density at radius 1 is 1.20 bits per heavy atom. The van der Waals surface area contributed by atoms with Gasteiger partial charge in [0.1, 0.15) is 0 Å². The van der Waals surface area contributed by atoms with E-state index in [2.05, 4.69) is 36.1 Å². The first-order valence-corrected chi connectivity index (χ1v) is 8.76. The van der Waals surface area contributed by atoms with Crippen molar-refractivity contribution in [2.75, 3.05) is 12.1 Å². The van der Waals surface area contributed by atoms with Gasteiger partial charge in [0, 0.05) is 23.8 Å². The van der Waals surface area contributed by atoms with E-state index in [9.17, 15) is 0 Å². The van der Waals surface area contributed by atoms with Crippen LogP contribution in [0.3, 0.4) is 0 Å². The van der Waals surface area contributed by atoms with Crippen LogP contribution in [0.2, 0.25) is 0 Å². The summed E-state index contributed by atoms with van der Waals surface area (Å²) in [6.45, 7) is 7.48. The first-order valence-electron chi connectivity index (χ1n) is 8.76. The van der Waals surface area contributed by atoms with Gasteiger partial charge in [-0.2, -0.15) is 0 Å². The number of hydrogen-bond donors (Lipinski definition) is 2. The van der Waals surface area contributed by atoms with E-state index in [1.54, 1.807) is 0 Å². The molecule has 1 aliphatic rings. The van der Waals surface area contributed by atoms with Crippen molar-refractivity contribution in [3.63, 3.8) is 0 Å². The summed E-state index contributed by atoms with van der Waals surface area (Å²) < 4.78 is 10.8. The molecule has 0 saturated carbocycles. The van der Waals surface area contributed by atoms with Crippen LogP contribution in [0.5, 0.6) is 11.5 Å². The van der Waals surface area contributed by atoms with E-state index in [1.807, 2.05) is 24.4 Å². The predicted molar refractivity (Wildman–Crippen MR) is 99.5 cm³/mol. The van der Waals surface area contributed by atoms with Crippen molar-refractivity contribution in [1.82, 2.24) is 9.97 Å². The lowest BCUT2D eigenvalue weighted by Crippen LogP contribution is -2.03. The molecular formula is C20H23N3O2. The van der Waals surface area contributed by atoms with Crippen LogP contribution in [0, 0.1) is 13.8 Å². The highest BCUT2D eigenvalue weighted by atomic mass is 16.7. The van der Waals surface area contributed by atoms with Crippen molar-refractivity contribution < 1.29 is 9.47 Å². The Balaban J connectivity index is 1.63. The van der Waals surface area contributed by atoms with Gasteiger partial charge in [-0.3, -0.25) is 0 Å². The van der Waals surface area contributed by atoms with Crippen LogP contribution in [-0.2, 0) is 13.0 Å². The van der Waals surface area contributed by atoms with Crippen LogP contribution < -0.4 is 14.8 Å². The number of rotatable bonds is 5. The number of ether oxygens (including phenoxy) is 2. The van der Waals surface area contributed by atoms with Gasteiger partial charge in [-0.05, 0) is 49.1 Å². The Hall–Kier alpha value is -2.69. The molecule has 5 nitrogen and oxygen atoms in total. The van der Waals surface area contributed by atoms with Gasteiger partial charge in [0.2, 0.25) is 6.79 Å². The van der Waals surface area contributed by atoms with E-state index < -0.39 is 0 Å². The molecule has 130 valence electrons. The van der Waals surface area contributed by atoms with Crippen molar-refractivity contribution in [1.29, 1.82) is 0 Å². The molecule has 3 aromatic rings. The Bertz CT molecular complexity index is 930. The van der Waals surface area contributed by atoms with Gasteiger partial charge >= 0.3 is 0 Å². The third-order valence-corrected chi connectivity index (χ3v) is 4.82. The van der Waals surface area contributed by atoms with Gasteiger partial charge in [0.05, 0.1) is 5.52 Å². The van der Waals surface area contributed by atoms with Crippen LogP contribution in [0.15, 0.2) is 24.4 Å². The number of aromatic amines is 1. The quantitative estimate of drug-likeness (QED) is 0.721. The van der Waals surface area contributed by atoms with E-state index in [-0.39, 0.29) is 0 Å². The number of anilines is 1. The third kappa shape index (κ3) is 2.80. The normalized spacial score (nSPS) is 12.8. The molecule has 0 fully saturated rings. The average molecular weight is 337 g/mol. The number of benzene rings is 1. The average Bonchev–Trinajstić information content (AvgIpc) is 3.19. The van der Waals surface area contributed by atoms with Crippen LogP contribution in [0.4, 0.5) is 5.82 Å². The summed E-state index contributed by atoms with van der Waals surface area (Å²) in [5, 5.41) is 4.77. The van der Waals surface area contributed by atoms with Gasteiger partial charge in [0.25, 0.3) is 0 Å². The van der Waals surface area contributed by atoms with E-state index >= 15 is 0 Å². The highest BCUT2D eigenvalue weighted by Crippen LogP contribution is 2.33. The summed E-state index contributed by atoms with van der Waals surface area (Å²) >= 11 is 0. The maximum Gasteiger partial charge on any atom is 0.231 e. The molecule has 3 heterocycles. The zero-order chi connectivity index (χ0) is 17.4. The van der Waals surface area contributed by atoms with Gasteiger partial charge in [0.15, 0.2) is 17.3 Å². The van der Waals surface area contributed by atoms with Gasteiger partial charge in [-0.15, -0.1) is 0 Å². The van der Waals surface area contributed by atoms with E-state index in [0.29, 0.717) is 13.3 Å². The van der Waals surface area contributed by atoms with Crippen LogP contribution in [0.1, 0.15) is 35.7 Å². The Morgan fingerprint density at radius 2 is 2.04 bits per heavy atom. The van der Waals surface area contributed by atoms with E-state index in [0.717, 1.165) is 41.2 Å². The topological polar surface area (TPSA) is 59.2 Å². The molecule has 4 rings (SSSR count). The molecule has 0 amide bonds. The van der Waals surface area contributed by atoms with Gasteiger partial charge in [-0.25, -0.2) is 4.98 Å². The van der Waals surface area contributed by atoms with Crippen molar-refractivity contribution >= 4 is 16.7 Å². The number of hydrogen-bond acceptors (Lipinski definition) is 4. The number of pyridine rings is 1. The molecule has 0 spiro atoms. The molecular weight excluding hydrogens is 314 g/mol. The molecule has 1 aromatic carbocycles. The molecule has 5 heteroatoms. The smallest absolute Gasteiger partial charge is 0.231 e. The van der Waals surface area contributed by atoms with Gasteiger partial charge in [-0.1, -0.05) is 19.4 Å². The highest BCUT2D eigenvalue weighted by molar-refractivity contribution is 5.94. The van der Waals surface area contributed by atoms with Crippen LogP contribution in [0.25, 0.3) is 10.9 Å². The van der Waals surface area contributed by atoms with Crippen molar-refractivity contribution in [3.8, 4) is 11.5 Å². The number of aromatic nitrogens is 2. The fourth-order valence-corrected chi connectivity index (χ4v) is 3.40. The minimum Gasteiger partial charge on any atom is -0.454 e. The van der Waals surface area contributed by atoms with Crippen LogP contribution in [-0.4, -0.2) is 16.8 Å². The monoisotopic (exact) mass is 337 g/mol. The number of fused-ring (bicyclic) bond motifs is 2.